The minimum atomic E-state index is -0.758. The fourth-order valence-corrected chi connectivity index (χ4v) is 2.48. The first-order valence-electron chi connectivity index (χ1n) is 6.23. The second kappa shape index (κ2) is 5.33. The molecule has 4 heteroatoms. The number of hydrogen-bond donors (Lipinski definition) is 1. The van der Waals surface area contributed by atoms with Gasteiger partial charge in [-0.2, -0.15) is 0 Å². The van der Waals surface area contributed by atoms with E-state index in [2.05, 4.69) is 5.32 Å². The molecule has 1 aliphatic rings. The predicted octanol–water partition coefficient (Wildman–Crippen LogP) is 2.48. The van der Waals surface area contributed by atoms with Crippen molar-refractivity contribution in [3.05, 3.63) is 35.4 Å². The lowest BCUT2D eigenvalue weighted by molar-refractivity contribution is 0.199. The van der Waals surface area contributed by atoms with Crippen LogP contribution in [0, 0.1) is 17.6 Å². The van der Waals surface area contributed by atoms with Gasteiger partial charge in [-0.15, -0.1) is 0 Å². The summed E-state index contributed by atoms with van der Waals surface area (Å²) in [6.07, 6.45) is 0.896. The Morgan fingerprint density at radius 1 is 1.44 bits per heavy atom. The van der Waals surface area contributed by atoms with Crippen LogP contribution in [-0.4, -0.2) is 26.8 Å². The minimum Gasteiger partial charge on any atom is -0.383 e. The predicted molar refractivity (Wildman–Crippen MR) is 66.6 cm³/mol. The first-order chi connectivity index (χ1) is 8.59. The van der Waals surface area contributed by atoms with Crippen LogP contribution < -0.4 is 5.32 Å². The van der Waals surface area contributed by atoms with E-state index in [0.29, 0.717) is 18.1 Å². The summed E-state index contributed by atoms with van der Waals surface area (Å²) in [5.74, 6) is -1.09. The summed E-state index contributed by atoms with van der Waals surface area (Å²) in [6, 6.07) is 4.43. The molecule has 2 nitrogen and oxygen atoms in total. The van der Waals surface area contributed by atoms with Crippen LogP contribution in [0.2, 0.25) is 0 Å². The maximum atomic E-state index is 13.7. The number of methoxy groups -OCH3 is 1. The summed E-state index contributed by atoms with van der Waals surface area (Å²) < 4.78 is 31.9. The molecule has 0 heterocycles. The second-order valence-electron chi connectivity index (χ2n) is 5.12. The summed E-state index contributed by atoms with van der Waals surface area (Å²) in [5.41, 5.74) is 0.271. The molecule has 0 radical (unpaired) electrons. The molecule has 1 aromatic carbocycles. The highest BCUT2D eigenvalue weighted by molar-refractivity contribution is 5.34. The molecule has 0 aromatic heterocycles. The fraction of sp³-hybridized carbons (Fsp3) is 0.571. The average molecular weight is 255 g/mol. The maximum Gasteiger partial charge on any atom is 0.162 e. The van der Waals surface area contributed by atoms with Crippen LogP contribution >= 0.6 is 0 Å². The van der Waals surface area contributed by atoms with Gasteiger partial charge in [-0.1, -0.05) is 19.1 Å². The van der Waals surface area contributed by atoms with E-state index in [4.69, 9.17) is 4.74 Å². The summed E-state index contributed by atoms with van der Waals surface area (Å²) in [7, 11) is 1.66. The van der Waals surface area contributed by atoms with Gasteiger partial charge in [-0.25, -0.2) is 8.78 Å². The molecule has 2 atom stereocenters. The second-order valence-corrected chi connectivity index (χ2v) is 5.12. The van der Waals surface area contributed by atoms with Gasteiger partial charge in [0.15, 0.2) is 11.6 Å². The van der Waals surface area contributed by atoms with E-state index in [0.717, 1.165) is 25.6 Å². The number of halogens is 2. The Labute approximate surface area is 106 Å². The number of rotatable bonds is 6. The Balaban J connectivity index is 1.96. The molecule has 1 N–H and O–H groups in total. The third-order valence-electron chi connectivity index (χ3n) is 3.85. The number of hydrogen-bond acceptors (Lipinski definition) is 2. The molecule has 2 rings (SSSR count). The van der Waals surface area contributed by atoms with Gasteiger partial charge in [0, 0.05) is 13.7 Å². The molecule has 1 saturated carbocycles. The zero-order valence-corrected chi connectivity index (χ0v) is 10.8. The van der Waals surface area contributed by atoms with Crippen LogP contribution in [0.1, 0.15) is 18.9 Å². The van der Waals surface area contributed by atoms with Crippen LogP contribution in [0.3, 0.4) is 0 Å². The van der Waals surface area contributed by atoms with Gasteiger partial charge in [-0.3, -0.25) is 0 Å². The molecule has 100 valence electrons. The molecule has 1 aromatic rings. The Morgan fingerprint density at radius 3 is 2.94 bits per heavy atom. The van der Waals surface area contributed by atoms with Crippen molar-refractivity contribution in [3.63, 3.8) is 0 Å². The van der Waals surface area contributed by atoms with Crippen LogP contribution in [0.25, 0.3) is 0 Å². The van der Waals surface area contributed by atoms with Gasteiger partial charge >= 0.3 is 0 Å². The van der Waals surface area contributed by atoms with E-state index >= 15 is 0 Å². The SMILES string of the molecule is COCCNCC1CC1(C)c1cccc(F)c1F. The van der Waals surface area contributed by atoms with Crippen LogP contribution in [-0.2, 0) is 10.2 Å². The maximum absolute atomic E-state index is 13.7. The highest BCUT2D eigenvalue weighted by Gasteiger charge is 2.52. The lowest BCUT2D eigenvalue weighted by atomic mass is 9.94. The van der Waals surface area contributed by atoms with Crippen molar-refractivity contribution in [1.29, 1.82) is 0 Å². The molecule has 0 saturated heterocycles. The molecule has 1 fully saturated rings. The minimum absolute atomic E-state index is 0.230. The number of benzene rings is 1. The first kappa shape index (κ1) is 13.4. The van der Waals surface area contributed by atoms with Crippen molar-refractivity contribution in [2.24, 2.45) is 5.92 Å². The average Bonchev–Trinajstić information content (AvgIpc) is 3.00. The van der Waals surface area contributed by atoms with Crippen molar-refractivity contribution in [1.82, 2.24) is 5.32 Å². The number of ether oxygens (including phenoxy) is 1. The van der Waals surface area contributed by atoms with Crippen molar-refractivity contribution in [3.8, 4) is 0 Å². The standard InChI is InChI=1S/C14H19F2NO/c1-14(8-10(14)9-17-6-7-18-2)11-4-3-5-12(15)13(11)16/h3-5,10,17H,6-9H2,1-2H3. The molecule has 0 amide bonds. The van der Waals surface area contributed by atoms with Crippen LogP contribution in [0.4, 0.5) is 8.78 Å². The van der Waals surface area contributed by atoms with E-state index < -0.39 is 11.6 Å². The monoisotopic (exact) mass is 255 g/mol. The molecular weight excluding hydrogens is 236 g/mol. The topological polar surface area (TPSA) is 21.3 Å². The molecule has 0 aliphatic heterocycles. The summed E-state index contributed by atoms with van der Waals surface area (Å²) in [5, 5.41) is 3.27. The van der Waals surface area contributed by atoms with Crippen molar-refractivity contribution in [2.45, 2.75) is 18.8 Å². The van der Waals surface area contributed by atoms with Gasteiger partial charge in [-0.05, 0) is 35.9 Å². The smallest absolute Gasteiger partial charge is 0.162 e. The van der Waals surface area contributed by atoms with Crippen molar-refractivity contribution >= 4 is 0 Å². The van der Waals surface area contributed by atoms with E-state index in [1.54, 1.807) is 19.2 Å². The Hall–Kier alpha value is -1.00. The van der Waals surface area contributed by atoms with E-state index in [1.807, 2.05) is 6.92 Å². The van der Waals surface area contributed by atoms with Crippen molar-refractivity contribution in [2.75, 3.05) is 26.8 Å². The molecular formula is C14H19F2NO. The third kappa shape index (κ3) is 2.54. The Bertz CT molecular complexity index is 424. The zero-order chi connectivity index (χ0) is 13.2. The molecule has 18 heavy (non-hydrogen) atoms. The number of nitrogens with one attached hydrogen (secondary N) is 1. The largest absolute Gasteiger partial charge is 0.383 e. The van der Waals surface area contributed by atoms with Gasteiger partial charge in [0.05, 0.1) is 6.61 Å². The summed E-state index contributed by atoms with van der Waals surface area (Å²) in [4.78, 5) is 0. The summed E-state index contributed by atoms with van der Waals surface area (Å²) in [6.45, 7) is 4.26. The van der Waals surface area contributed by atoms with Gasteiger partial charge in [0.2, 0.25) is 0 Å². The molecule has 2 unspecified atom stereocenters. The van der Waals surface area contributed by atoms with Gasteiger partial charge in [0.1, 0.15) is 0 Å². The van der Waals surface area contributed by atoms with E-state index in [-0.39, 0.29) is 5.41 Å². The van der Waals surface area contributed by atoms with Gasteiger partial charge in [0.25, 0.3) is 0 Å². The Morgan fingerprint density at radius 2 is 2.22 bits per heavy atom. The molecule has 0 bridgehead atoms. The first-order valence-corrected chi connectivity index (χ1v) is 6.23. The molecule has 0 spiro atoms. The van der Waals surface area contributed by atoms with Crippen molar-refractivity contribution < 1.29 is 13.5 Å². The van der Waals surface area contributed by atoms with E-state index in [9.17, 15) is 8.78 Å². The quantitative estimate of drug-likeness (QED) is 0.788. The summed E-state index contributed by atoms with van der Waals surface area (Å²) >= 11 is 0. The zero-order valence-electron chi connectivity index (χ0n) is 10.8. The van der Waals surface area contributed by atoms with Crippen LogP contribution in [0.15, 0.2) is 18.2 Å². The fourth-order valence-electron chi connectivity index (χ4n) is 2.48. The lowest BCUT2D eigenvalue weighted by Crippen LogP contribution is -2.24. The van der Waals surface area contributed by atoms with Gasteiger partial charge < -0.3 is 10.1 Å². The Kier molecular flexibility index (Phi) is 3.97. The highest BCUT2D eigenvalue weighted by Crippen LogP contribution is 2.54. The normalized spacial score (nSPS) is 26.3. The lowest BCUT2D eigenvalue weighted by Gasteiger charge is -2.13. The molecule has 1 aliphatic carbocycles. The highest BCUT2D eigenvalue weighted by atomic mass is 19.2. The van der Waals surface area contributed by atoms with E-state index in [1.165, 1.54) is 0 Å². The third-order valence-corrected chi connectivity index (χ3v) is 3.85. The van der Waals surface area contributed by atoms with Crippen LogP contribution in [0.5, 0.6) is 0 Å².